The minimum absolute atomic E-state index is 0.336. The monoisotopic (exact) mass is 266 g/mol. The van der Waals surface area contributed by atoms with Crippen LogP contribution >= 0.6 is 0 Å². The van der Waals surface area contributed by atoms with Gasteiger partial charge in [-0.2, -0.15) is 4.98 Å². The van der Waals surface area contributed by atoms with Gasteiger partial charge in [0.25, 0.3) is 0 Å². The molecule has 0 bridgehead atoms. The van der Waals surface area contributed by atoms with E-state index in [4.69, 9.17) is 4.74 Å². The Labute approximate surface area is 116 Å². The first-order valence-electron chi connectivity index (χ1n) is 6.91. The average molecular weight is 266 g/mol. The smallest absolute Gasteiger partial charge is 0.226 e. The van der Waals surface area contributed by atoms with Crippen molar-refractivity contribution in [3.63, 3.8) is 0 Å². The Balaban J connectivity index is 2.59. The van der Waals surface area contributed by atoms with E-state index in [9.17, 15) is 0 Å². The molecule has 1 atom stereocenters. The van der Waals surface area contributed by atoms with Crippen LogP contribution in [-0.2, 0) is 0 Å². The Hall–Kier alpha value is -1.36. The van der Waals surface area contributed by atoms with Crippen LogP contribution in [0.4, 0.5) is 5.95 Å². The molecule has 1 rings (SSSR count). The molecule has 0 radical (unpaired) electrons. The van der Waals surface area contributed by atoms with Gasteiger partial charge in [-0.1, -0.05) is 6.92 Å². The lowest BCUT2D eigenvalue weighted by molar-refractivity contribution is 0.304. The van der Waals surface area contributed by atoms with E-state index in [-0.39, 0.29) is 0 Å². The van der Waals surface area contributed by atoms with Crippen LogP contribution in [0.2, 0.25) is 0 Å². The highest BCUT2D eigenvalue weighted by molar-refractivity contribution is 5.31. The van der Waals surface area contributed by atoms with Crippen molar-refractivity contribution < 1.29 is 4.74 Å². The number of ether oxygens (including phenoxy) is 1. The maximum Gasteiger partial charge on any atom is 0.226 e. The Morgan fingerprint density at radius 2 is 2.11 bits per heavy atom. The van der Waals surface area contributed by atoms with Crippen molar-refractivity contribution in [2.45, 2.75) is 39.7 Å². The molecule has 0 spiro atoms. The number of aromatic nitrogens is 2. The summed E-state index contributed by atoms with van der Waals surface area (Å²) in [6.07, 6.45) is 2.03. The van der Waals surface area contributed by atoms with E-state index < -0.39 is 0 Å². The minimum atomic E-state index is 0.336. The first-order valence-corrected chi connectivity index (χ1v) is 6.91. The van der Waals surface area contributed by atoms with Gasteiger partial charge in [0.2, 0.25) is 11.8 Å². The van der Waals surface area contributed by atoms with E-state index >= 15 is 0 Å². The molecule has 0 saturated carbocycles. The molecule has 0 amide bonds. The summed E-state index contributed by atoms with van der Waals surface area (Å²) in [5, 5.41) is 3.33. The lowest BCUT2D eigenvalue weighted by Crippen LogP contribution is -2.24. The third-order valence-corrected chi connectivity index (χ3v) is 2.67. The molecule has 0 aliphatic carbocycles. The molecule has 0 saturated heterocycles. The van der Waals surface area contributed by atoms with Gasteiger partial charge in [-0.05, 0) is 47.3 Å². The zero-order valence-corrected chi connectivity index (χ0v) is 12.7. The van der Waals surface area contributed by atoms with Gasteiger partial charge in [0.15, 0.2) is 0 Å². The highest BCUT2D eigenvalue weighted by Crippen LogP contribution is 2.13. The third-order valence-electron chi connectivity index (χ3n) is 2.67. The Bertz CT molecular complexity index is 382. The van der Waals surface area contributed by atoms with Crippen molar-refractivity contribution in [1.29, 1.82) is 0 Å². The Morgan fingerprint density at radius 3 is 2.74 bits per heavy atom. The first-order chi connectivity index (χ1) is 9.01. The fourth-order valence-electron chi connectivity index (χ4n) is 1.63. The van der Waals surface area contributed by atoms with E-state index in [0.717, 1.165) is 25.1 Å². The number of rotatable bonds is 8. The lowest BCUT2D eigenvalue weighted by Gasteiger charge is -2.17. The summed E-state index contributed by atoms with van der Waals surface area (Å²) in [6.45, 7) is 7.90. The van der Waals surface area contributed by atoms with Crippen molar-refractivity contribution in [1.82, 2.24) is 14.9 Å². The van der Waals surface area contributed by atoms with Crippen molar-refractivity contribution in [2.24, 2.45) is 0 Å². The van der Waals surface area contributed by atoms with Gasteiger partial charge in [0.05, 0.1) is 6.61 Å². The summed E-state index contributed by atoms with van der Waals surface area (Å²) in [6, 6.07) is 2.20. The van der Waals surface area contributed by atoms with Crippen LogP contribution in [-0.4, -0.2) is 48.2 Å². The summed E-state index contributed by atoms with van der Waals surface area (Å²) in [7, 11) is 4.15. The molecule has 0 aliphatic heterocycles. The largest absolute Gasteiger partial charge is 0.478 e. The normalized spacial score (nSPS) is 12.5. The number of hydrogen-bond acceptors (Lipinski definition) is 5. The van der Waals surface area contributed by atoms with Gasteiger partial charge < -0.3 is 15.0 Å². The second kappa shape index (κ2) is 7.94. The summed E-state index contributed by atoms with van der Waals surface area (Å²) in [5.41, 5.74) is 0.920. The van der Waals surface area contributed by atoms with Crippen LogP contribution < -0.4 is 10.1 Å². The standard InChI is InChI=1S/C14H26N4O/c1-6-9-19-13-10-12(3)16-14(17-13)15-11(2)7-8-18(4)5/h10-11H,6-9H2,1-5H3,(H,15,16,17). The predicted octanol–water partition coefficient (Wildman–Crippen LogP) is 2.33. The Morgan fingerprint density at radius 1 is 1.37 bits per heavy atom. The van der Waals surface area contributed by atoms with Crippen molar-refractivity contribution in [3.05, 3.63) is 11.8 Å². The minimum Gasteiger partial charge on any atom is -0.478 e. The van der Waals surface area contributed by atoms with Crippen molar-refractivity contribution in [3.8, 4) is 5.88 Å². The number of aryl methyl sites for hydroxylation is 1. The molecule has 0 aromatic carbocycles. The topological polar surface area (TPSA) is 50.3 Å². The van der Waals surface area contributed by atoms with E-state index in [0.29, 0.717) is 24.5 Å². The number of anilines is 1. The van der Waals surface area contributed by atoms with Crippen LogP contribution in [0, 0.1) is 6.92 Å². The first kappa shape index (κ1) is 15.7. The quantitative estimate of drug-likeness (QED) is 0.782. The molecule has 5 heteroatoms. The maximum atomic E-state index is 5.56. The lowest BCUT2D eigenvalue weighted by atomic mass is 10.2. The molecule has 0 fully saturated rings. The molecule has 1 aromatic rings. The molecule has 0 aliphatic rings. The fraction of sp³-hybridized carbons (Fsp3) is 0.714. The molecule has 5 nitrogen and oxygen atoms in total. The van der Waals surface area contributed by atoms with E-state index in [2.05, 4.69) is 48.1 Å². The maximum absolute atomic E-state index is 5.56. The van der Waals surface area contributed by atoms with Gasteiger partial charge in [-0.15, -0.1) is 0 Å². The van der Waals surface area contributed by atoms with E-state index in [1.165, 1.54) is 0 Å². The number of hydrogen-bond donors (Lipinski definition) is 1. The number of nitrogens with zero attached hydrogens (tertiary/aromatic N) is 3. The van der Waals surface area contributed by atoms with Crippen LogP contribution in [0.15, 0.2) is 6.07 Å². The zero-order chi connectivity index (χ0) is 14.3. The van der Waals surface area contributed by atoms with E-state index in [1.807, 2.05) is 13.0 Å². The van der Waals surface area contributed by atoms with Gasteiger partial charge in [-0.3, -0.25) is 0 Å². The third kappa shape index (κ3) is 6.38. The van der Waals surface area contributed by atoms with Crippen LogP contribution in [0.25, 0.3) is 0 Å². The zero-order valence-electron chi connectivity index (χ0n) is 12.7. The Kier molecular flexibility index (Phi) is 6.56. The van der Waals surface area contributed by atoms with Gasteiger partial charge in [-0.25, -0.2) is 4.98 Å². The molecule has 108 valence electrons. The van der Waals surface area contributed by atoms with Gasteiger partial charge in [0, 0.05) is 17.8 Å². The van der Waals surface area contributed by atoms with Gasteiger partial charge in [0.1, 0.15) is 0 Å². The molecule has 1 heterocycles. The van der Waals surface area contributed by atoms with Gasteiger partial charge >= 0.3 is 0 Å². The van der Waals surface area contributed by atoms with Crippen LogP contribution in [0.5, 0.6) is 5.88 Å². The van der Waals surface area contributed by atoms with Crippen molar-refractivity contribution in [2.75, 3.05) is 32.6 Å². The SMILES string of the molecule is CCCOc1cc(C)nc(NC(C)CCN(C)C)n1. The fourth-order valence-corrected chi connectivity index (χ4v) is 1.63. The summed E-state index contributed by atoms with van der Waals surface area (Å²) in [5.74, 6) is 1.30. The summed E-state index contributed by atoms with van der Waals surface area (Å²) in [4.78, 5) is 10.9. The second-order valence-electron chi connectivity index (χ2n) is 5.16. The summed E-state index contributed by atoms with van der Waals surface area (Å²) >= 11 is 0. The highest BCUT2D eigenvalue weighted by atomic mass is 16.5. The predicted molar refractivity (Wildman–Crippen MR) is 78.8 cm³/mol. The van der Waals surface area contributed by atoms with Crippen LogP contribution in [0.1, 0.15) is 32.4 Å². The molecule has 1 aromatic heterocycles. The van der Waals surface area contributed by atoms with Crippen LogP contribution in [0.3, 0.4) is 0 Å². The molecular formula is C14H26N4O. The summed E-state index contributed by atoms with van der Waals surface area (Å²) < 4.78 is 5.56. The average Bonchev–Trinajstić information content (AvgIpc) is 2.33. The number of nitrogens with one attached hydrogen (secondary N) is 1. The highest BCUT2D eigenvalue weighted by Gasteiger charge is 2.07. The van der Waals surface area contributed by atoms with Crippen molar-refractivity contribution >= 4 is 5.95 Å². The van der Waals surface area contributed by atoms with E-state index in [1.54, 1.807) is 0 Å². The molecule has 1 unspecified atom stereocenters. The molecule has 1 N–H and O–H groups in total. The molecular weight excluding hydrogens is 240 g/mol. The second-order valence-corrected chi connectivity index (χ2v) is 5.16. The molecule has 19 heavy (non-hydrogen) atoms.